The molecule has 0 spiro atoms. The van der Waals surface area contributed by atoms with Crippen LogP contribution < -0.4 is 0 Å². The first kappa shape index (κ1) is 8.05. The fourth-order valence-corrected chi connectivity index (χ4v) is 2.42. The van der Waals surface area contributed by atoms with Crippen LogP contribution in [0.1, 0.15) is 18.2 Å². The predicted octanol–water partition coefficient (Wildman–Crippen LogP) is 3.33. The molecule has 0 radical (unpaired) electrons. The third kappa shape index (κ3) is 1.33. The van der Waals surface area contributed by atoms with Gasteiger partial charge in [-0.1, -0.05) is 6.07 Å². The van der Waals surface area contributed by atoms with Crippen LogP contribution in [-0.2, 0) is 0 Å². The molecule has 0 saturated heterocycles. The largest absolute Gasteiger partial charge is 0.242 e. The van der Waals surface area contributed by atoms with Gasteiger partial charge in [0.1, 0.15) is 12.0 Å². The predicted molar refractivity (Wildman–Crippen MR) is 45.6 cm³/mol. The summed E-state index contributed by atoms with van der Waals surface area (Å²) in [4.78, 5) is 0.758. The first-order chi connectivity index (χ1) is 5.77. The van der Waals surface area contributed by atoms with Crippen LogP contribution in [0.2, 0.25) is 0 Å². The minimum atomic E-state index is -0.901. The molecule has 1 heterocycles. The summed E-state index contributed by atoms with van der Waals surface area (Å²) in [5.41, 5.74) is 0.646. The highest BCUT2D eigenvalue weighted by Gasteiger charge is 2.19. The molecule has 0 fully saturated rings. The van der Waals surface area contributed by atoms with Crippen LogP contribution in [0.5, 0.6) is 0 Å². The van der Waals surface area contributed by atoms with Crippen molar-refractivity contribution >= 4 is 11.8 Å². The average molecular weight is 186 g/mol. The van der Waals surface area contributed by atoms with Crippen molar-refractivity contribution in [3.8, 4) is 0 Å². The highest BCUT2D eigenvalue weighted by Crippen LogP contribution is 2.38. The van der Waals surface area contributed by atoms with Crippen molar-refractivity contribution < 1.29 is 8.78 Å². The van der Waals surface area contributed by atoms with Gasteiger partial charge in [-0.15, -0.1) is 11.8 Å². The highest BCUT2D eigenvalue weighted by molar-refractivity contribution is 7.99. The molecule has 1 aromatic carbocycles. The van der Waals surface area contributed by atoms with E-state index < -0.39 is 6.17 Å². The number of rotatable bonds is 0. The molecule has 2 rings (SSSR count). The molecule has 3 heteroatoms. The molecule has 1 atom stereocenters. The molecule has 1 aromatic rings. The van der Waals surface area contributed by atoms with Gasteiger partial charge in [0.2, 0.25) is 0 Å². The van der Waals surface area contributed by atoms with E-state index in [2.05, 4.69) is 0 Å². The second-order valence-corrected chi connectivity index (χ2v) is 3.92. The van der Waals surface area contributed by atoms with E-state index in [0.717, 1.165) is 10.6 Å². The first-order valence-corrected chi connectivity index (χ1v) is 4.82. The van der Waals surface area contributed by atoms with Crippen molar-refractivity contribution in [3.63, 3.8) is 0 Å². The summed E-state index contributed by atoms with van der Waals surface area (Å²) in [6.07, 6.45) is -0.356. The molecule has 64 valence electrons. The molecule has 0 amide bonds. The lowest BCUT2D eigenvalue weighted by Gasteiger charge is -2.18. The summed E-state index contributed by atoms with van der Waals surface area (Å²) in [6, 6.07) is 4.27. The Labute approximate surface area is 74.0 Å². The Bertz CT molecular complexity index is 299. The van der Waals surface area contributed by atoms with Crippen molar-refractivity contribution in [2.24, 2.45) is 0 Å². The molecule has 0 bridgehead atoms. The van der Waals surface area contributed by atoms with Crippen LogP contribution in [0.25, 0.3) is 0 Å². The number of benzene rings is 1. The van der Waals surface area contributed by atoms with Gasteiger partial charge in [-0.3, -0.25) is 0 Å². The Kier molecular flexibility index (Phi) is 2.05. The van der Waals surface area contributed by atoms with E-state index in [-0.39, 0.29) is 5.82 Å². The summed E-state index contributed by atoms with van der Waals surface area (Å²) in [5.74, 6) is 0.466. The number of alkyl halides is 1. The number of fused-ring (bicyclic) bond motifs is 1. The van der Waals surface area contributed by atoms with E-state index >= 15 is 0 Å². The summed E-state index contributed by atoms with van der Waals surface area (Å²) in [7, 11) is 0. The molecular formula is C9H8F2S. The molecule has 0 N–H and O–H groups in total. The average Bonchev–Trinajstić information content (AvgIpc) is 2.04. The van der Waals surface area contributed by atoms with Gasteiger partial charge in [-0.25, -0.2) is 8.78 Å². The normalized spacial score (nSPS) is 22.0. The Morgan fingerprint density at radius 3 is 3.08 bits per heavy atom. The van der Waals surface area contributed by atoms with Gasteiger partial charge >= 0.3 is 0 Å². The van der Waals surface area contributed by atoms with Crippen molar-refractivity contribution in [1.29, 1.82) is 0 Å². The standard InChI is InChI=1S/C9H8F2S/c10-6-1-2-7-8(11)3-4-12-9(7)5-6/h1-2,5,8H,3-4H2. The smallest absolute Gasteiger partial charge is 0.127 e. The number of hydrogen-bond acceptors (Lipinski definition) is 1. The number of thioether (sulfide) groups is 1. The van der Waals surface area contributed by atoms with Gasteiger partial charge in [-0.2, -0.15) is 0 Å². The lowest BCUT2D eigenvalue weighted by Crippen LogP contribution is -2.02. The Hall–Kier alpha value is -0.570. The summed E-state index contributed by atoms with van der Waals surface area (Å²) < 4.78 is 25.9. The molecule has 0 nitrogen and oxygen atoms in total. The second kappa shape index (κ2) is 3.05. The van der Waals surface area contributed by atoms with Gasteiger partial charge in [0.25, 0.3) is 0 Å². The number of halogens is 2. The van der Waals surface area contributed by atoms with Crippen LogP contribution in [-0.4, -0.2) is 5.75 Å². The van der Waals surface area contributed by atoms with Crippen LogP contribution in [0.15, 0.2) is 23.1 Å². The zero-order valence-electron chi connectivity index (χ0n) is 6.39. The van der Waals surface area contributed by atoms with Gasteiger partial charge in [0.15, 0.2) is 0 Å². The molecule has 1 unspecified atom stereocenters. The Morgan fingerprint density at radius 1 is 1.42 bits per heavy atom. The lowest BCUT2D eigenvalue weighted by molar-refractivity contribution is 0.328. The fraction of sp³-hybridized carbons (Fsp3) is 0.333. The third-order valence-corrected chi connectivity index (χ3v) is 3.05. The van der Waals surface area contributed by atoms with E-state index in [9.17, 15) is 8.78 Å². The second-order valence-electron chi connectivity index (χ2n) is 2.79. The Balaban J connectivity index is 2.46. The van der Waals surface area contributed by atoms with Crippen molar-refractivity contribution in [2.45, 2.75) is 17.5 Å². The van der Waals surface area contributed by atoms with Crippen molar-refractivity contribution in [3.05, 3.63) is 29.6 Å². The summed E-state index contributed by atoms with van der Waals surface area (Å²) in [6.45, 7) is 0. The number of hydrogen-bond donors (Lipinski definition) is 0. The molecule has 12 heavy (non-hydrogen) atoms. The van der Waals surface area contributed by atoms with Crippen molar-refractivity contribution in [2.75, 3.05) is 5.75 Å². The minimum absolute atomic E-state index is 0.282. The van der Waals surface area contributed by atoms with Gasteiger partial charge in [0.05, 0.1) is 0 Å². The molecule has 0 saturated carbocycles. The monoisotopic (exact) mass is 186 g/mol. The molecule has 0 aliphatic carbocycles. The SMILES string of the molecule is Fc1ccc2c(c1)SCCC2F. The zero-order chi connectivity index (χ0) is 8.55. The van der Waals surface area contributed by atoms with Gasteiger partial charge in [0, 0.05) is 10.6 Å². The van der Waals surface area contributed by atoms with Crippen LogP contribution in [0.4, 0.5) is 8.78 Å². The van der Waals surface area contributed by atoms with Crippen molar-refractivity contribution in [1.82, 2.24) is 0 Å². The van der Waals surface area contributed by atoms with E-state index in [1.54, 1.807) is 6.07 Å². The maximum Gasteiger partial charge on any atom is 0.127 e. The van der Waals surface area contributed by atoms with Crippen LogP contribution in [0, 0.1) is 5.82 Å². The van der Waals surface area contributed by atoms with Crippen LogP contribution >= 0.6 is 11.8 Å². The lowest BCUT2D eigenvalue weighted by atomic mass is 10.1. The summed E-state index contributed by atoms with van der Waals surface area (Å²) >= 11 is 1.53. The van der Waals surface area contributed by atoms with E-state index in [1.165, 1.54) is 23.9 Å². The molecule has 0 aromatic heterocycles. The topological polar surface area (TPSA) is 0 Å². The zero-order valence-corrected chi connectivity index (χ0v) is 7.20. The maximum absolute atomic E-state index is 13.2. The fourth-order valence-electron chi connectivity index (χ4n) is 1.32. The molecular weight excluding hydrogens is 178 g/mol. The van der Waals surface area contributed by atoms with E-state index in [4.69, 9.17) is 0 Å². The maximum atomic E-state index is 13.2. The quantitative estimate of drug-likeness (QED) is 0.598. The van der Waals surface area contributed by atoms with E-state index in [0.29, 0.717) is 12.0 Å². The van der Waals surface area contributed by atoms with Gasteiger partial charge in [-0.05, 0) is 24.1 Å². The molecule has 1 aliphatic heterocycles. The molecule has 1 aliphatic rings. The minimum Gasteiger partial charge on any atom is -0.242 e. The first-order valence-electron chi connectivity index (χ1n) is 3.83. The van der Waals surface area contributed by atoms with Gasteiger partial charge < -0.3 is 0 Å². The van der Waals surface area contributed by atoms with Crippen LogP contribution in [0.3, 0.4) is 0 Å². The highest BCUT2D eigenvalue weighted by atomic mass is 32.2. The Morgan fingerprint density at radius 2 is 2.25 bits per heavy atom. The summed E-state index contributed by atoms with van der Waals surface area (Å²) in [5, 5.41) is 0. The van der Waals surface area contributed by atoms with E-state index in [1.807, 2.05) is 0 Å². The third-order valence-electron chi connectivity index (χ3n) is 1.94.